The number of carbonyl (C=O) groups is 7. The molecule has 53 heavy (non-hydrogen) atoms. The standard InChI is InChI=1S/C34H66N10O9/c1-7-22(6)28(29(37)47)53-34(52)27(16-45)44-33(51)26(15-21(4)5)43-32(50)25(14-20(2)3)42-31(49)24(11-9-13-39-18-36)41-30(48)23(40-19-46)10-8-12-38-17-35/h19-28,38-39,45H,7-18,35-36H2,1-6H3,(H2,37,47)(H,40,46)(H,41,48)(H,42,49)(H,43,50)(H,44,51). The first-order chi connectivity index (χ1) is 25.1. The molecular formula is C34H66N10O9. The van der Waals surface area contributed by atoms with Crippen molar-refractivity contribution in [3.63, 3.8) is 0 Å². The monoisotopic (exact) mass is 759 g/mol. The zero-order valence-corrected chi connectivity index (χ0v) is 32.2. The summed E-state index contributed by atoms with van der Waals surface area (Å²) in [5.74, 6) is -5.30. The average molecular weight is 759 g/mol. The van der Waals surface area contributed by atoms with E-state index in [4.69, 9.17) is 21.9 Å². The van der Waals surface area contributed by atoms with Crippen LogP contribution < -0.4 is 54.4 Å². The van der Waals surface area contributed by atoms with E-state index in [2.05, 4.69) is 37.2 Å². The number of aliphatic hydroxyl groups excluding tert-OH is 1. The Kier molecular flexibility index (Phi) is 25.6. The highest BCUT2D eigenvalue weighted by molar-refractivity contribution is 5.96. The first-order valence-corrected chi connectivity index (χ1v) is 18.4. The van der Waals surface area contributed by atoms with E-state index in [1.54, 1.807) is 13.8 Å². The van der Waals surface area contributed by atoms with E-state index in [9.17, 15) is 38.7 Å². The minimum atomic E-state index is -1.56. The maximum Gasteiger partial charge on any atom is 0.331 e. The third kappa shape index (κ3) is 20.2. The van der Waals surface area contributed by atoms with Gasteiger partial charge in [0.2, 0.25) is 30.0 Å². The lowest BCUT2D eigenvalue weighted by Crippen LogP contribution is -2.59. The highest BCUT2D eigenvalue weighted by Crippen LogP contribution is 2.14. The number of amides is 6. The molecule has 0 saturated heterocycles. The number of esters is 1. The highest BCUT2D eigenvalue weighted by Gasteiger charge is 2.34. The lowest BCUT2D eigenvalue weighted by atomic mass is 9.99. The highest BCUT2D eigenvalue weighted by atomic mass is 16.6. The second kappa shape index (κ2) is 27.7. The molecule has 0 heterocycles. The number of aliphatic hydroxyl groups is 1. The summed E-state index contributed by atoms with van der Waals surface area (Å²) < 4.78 is 5.24. The molecule has 0 aliphatic heterocycles. The fraction of sp³-hybridized carbons (Fsp3) is 0.794. The first-order valence-electron chi connectivity index (χ1n) is 18.4. The summed E-state index contributed by atoms with van der Waals surface area (Å²) in [5.41, 5.74) is 16.4. The average Bonchev–Trinajstić information content (AvgIpc) is 3.10. The van der Waals surface area contributed by atoms with Gasteiger partial charge in [0, 0.05) is 19.3 Å². The Balaban J connectivity index is 6.12. The molecule has 0 aromatic heterocycles. The van der Waals surface area contributed by atoms with Crippen molar-refractivity contribution < 1.29 is 43.4 Å². The normalized spacial score (nSPS) is 15.2. The van der Waals surface area contributed by atoms with E-state index < -0.39 is 84.3 Å². The van der Waals surface area contributed by atoms with Crippen LogP contribution in [0.2, 0.25) is 0 Å². The second-order valence-electron chi connectivity index (χ2n) is 13.9. The SMILES string of the molecule is CCC(C)C(OC(=O)C(CO)NC(=O)C(CC(C)C)NC(=O)C(CC(C)C)NC(=O)C(CCCNCN)NC(=O)C(CCCNCN)NC=O)C(N)=O. The predicted octanol–water partition coefficient (Wildman–Crippen LogP) is -2.86. The van der Waals surface area contributed by atoms with Gasteiger partial charge in [0.15, 0.2) is 12.1 Å². The van der Waals surface area contributed by atoms with Gasteiger partial charge in [0.25, 0.3) is 5.91 Å². The third-order valence-corrected chi connectivity index (χ3v) is 8.35. The number of ether oxygens (including phenoxy) is 1. The van der Waals surface area contributed by atoms with E-state index in [1.807, 2.05) is 27.7 Å². The Hall–Kier alpha value is -3.91. The Bertz CT molecular complexity index is 1140. The number of nitrogens with one attached hydrogen (secondary N) is 7. The van der Waals surface area contributed by atoms with Gasteiger partial charge in [0.1, 0.15) is 24.2 Å². The summed E-state index contributed by atoms with van der Waals surface area (Å²) in [6.07, 6.45) is 1.30. The van der Waals surface area contributed by atoms with Crippen molar-refractivity contribution in [1.29, 1.82) is 0 Å². The van der Waals surface area contributed by atoms with Crippen molar-refractivity contribution in [3.8, 4) is 0 Å². The summed E-state index contributed by atoms with van der Waals surface area (Å²) in [4.78, 5) is 90.2. The van der Waals surface area contributed by atoms with Crippen molar-refractivity contribution >= 4 is 41.9 Å². The van der Waals surface area contributed by atoms with Crippen LogP contribution in [0.15, 0.2) is 0 Å². The molecule has 0 rings (SSSR count). The van der Waals surface area contributed by atoms with Gasteiger partial charge in [-0.05, 0) is 69.9 Å². The molecule has 6 amide bonds. The molecule has 306 valence electrons. The molecule has 0 saturated carbocycles. The minimum absolute atomic E-state index is 0.0919. The van der Waals surface area contributed by atoms with Crippen molar-refractivity contribution in [2.45, 2.75) is 123 Å². The van der Waals surface area contributed by atoms with Crippen LogP contribution in [-0.4, -0.2) is 116 Å². The molecule has 0 aromatic carbocycles. The Morgan fingerprint density at radius 1 is 0.679 bits per heavy atom. The molecule has 0 radical (unpaired) electrons. The minimum Gasteiger partial charge on any atom is -0.450 e. The quantitative estimate of drug-likeness (QED) is 0.0152. The zero-order valence-electron chi connectivity index (χ0n) is 32.2. The van der Waals surface area contributed by atoms with Gasteiger partial charge < -0.3 is 64.3 Å². The number of carbonyl (C=O) groups excluding carboxylic acids is 7. The summed E-state index contributed by atoms with van der Waals surface area (Å²) in [6, 6.07) is -5.90. The van der Waals surface area contributed by atoms with E-state index in [0.717, 1.165) is 0 Å². The smallest absolute Gasteiger partial charge is 0.331 e. The van der Waals surface area contributed by atoms with Crippen LogP contribution in [0, 0.1) is 17.8 Å². The molecule has 7 unspecified atom stereocenters. The van der Waals surface area contributed by atoms with Crippen molar-refractivity contribution in [3.05, 3.63) is 0 Å². The summed E-state index contributed by atoms with van der Waals surface area (Å²) in [6.45, 7) is 11.3. The fourth-order valence-electron chi connectivity index (χ4n) is 5.26. The fourth-order valence-corrected chi connectivity index (χ4v) is 5.26. The van der Waals surface area contributed by atoms with Crippen LogP contribution in [0.25, 0.3) is 0 Å². The molecule has 19 nitrogen and oxygen atoms in total. The van der Waals surface area contributed by atoms with Gasteiger partial charge in [-0.1, -0.05) is 41.5 Å². The predicted molar refractivity (Wildman–Crippen MR) is 198 cm³/mol. The van der Waals surface area contributed by atoms with Gasteiger partial charge >= 0.3 is 5.97 Å². The van der Waals surface area contributed by atoms with Crippen LogP contribution in [-0.2, 0) is 38.3 Å². The summed E-state index contributed by atoms with van der Waals surface area (Å²) in [7, 11) is 0. The molecule has 0 aliphatic carbocycles. The lowest BCUT2D eigenvalue weighted by Gasteiger charge is -2.28. The van der Waals surface area contributed by atoms with Crippen molar-refractivity contribution in [1.82, 2.24) is 37.2 Å². The Labute approximate surface area is 313 Å². The third-order valence-electron chi connectivity index (χ3n) is 8.35. The van der Waals surface area contributed by atoms with Crippen LogP contribution in [0.1, 0.15) is 86.5 Å². The number of primary amides is 1. The molecule has 7 atom stereocenters. The van der Waals surface area contributed by atoms with Gasteiger partial charge in [-0.2, -0.15) is 0 Å². The summed E-state index contributed by atoms with van der Waals surface area (Å²) in [5, 5.41) is 28.8. The second-order valence-corrected chi connectivity index (χ2v) is 13.9. The molecule has 0 aliphatic rings. The number of hydrogen-bond acceptors (Lipinski definition) is 13. The Morgan fingerprint density at radius 2 is 1.09 bits per heavy atom. The van der Waals surface area contributed by atoms with E-state index >= 15 is 0 Å². The number of nitrogens with two attached hydrogens (primary N) is 3. The molecular weight excluding hydrogens is 692 g/mol. The van der Waals surface area contributed by atoms with Gasteiger partial charge in [-0.25, -0.2) is 4.79 Å². The van der Waals surface area contributed by atoms with Crippen LogP contribution in [0.3, 0.4) is 0 Å². The van der Waals surface area contributed by atoms with Crippen LogP contribution in [0.4, 0.5) is 0 Å². The molecule has 0 spiro atoms. The van der Waals surface area contributed by atoms with Gasteiger partial charge in [-0.15, -0.1) is 0 Å². The largest absolute Gasteiger partial charge is 0.450 e. The first kappa shape index (κ1) is 49.1. The summed E-state index contributed by atoms with van der Waals surface area (Å²) >= 11 is 0. The molecule has 0 aromatic rings. The number of hydrogen-bond donors (Lipinski definition) is 11. The van der Waals surface area contributed by atoms with Crippen molar-refractivity contribution in [2.75, 3.05) is 33.0 Å². The van der Waals surface area contributed by atoms with Crippen LogP contribution in [0.5, 0.6) is 0 Å². The van der Waals surface area contributed by atoms with Crippen molar-refractivity contribution in [2.24, 2.45) is 35.0 Å². The van der Waals surface area contributed by atoms with Gasteiger partial charge in [-0.3, -0.25) is 28.8 Å². The maximum absolute atomic E-state index is 13.8. The van der Waals surface area contributed by atoms with E-state index in [1.165, 1.54) is 0 Å². The Morgan fingerprint density at radius 3 is 1.49 bits per heavy atom. The molecule has 0 bridgehead atoms. The van der Waals surface area contributed by atoms with Gasteiger partial charge in [0.05, 0.1) is 6.61 Å². The van der Waals surface area contributed by atoms with Crippen LogP contribution >= 0.6 is 0 Å². The molecule has 14 N–H and O–H groups in total. The maximum atomic E-state index is 13.8. The van der Waals surface area contributed by atoms with E-state index in [-0.39, 0.29) is 50.9 Å². The topological polar surface area (TPSA) is 311 Å². The zero-order chi connectivity index (χ0) is 40.5. The lowest BCUT2D eigenvalue weighted by molar-refractivity contribution is -0.161. The molecule has 0 fully saturated rings. The molecule has 19 heteroatoms. The number of rotatable bonds is 30. The van der Waals surface area contributed by atoms with E-state index in [0.29, 0.717) is 38.8 Å².